The summed E-state index contributed by atoms with van der Waals surface area (Å²) in [7, 11) is 0. The number of carbonyl (C=O) groups is 1. The van der Waals surface area contributed by atoms with Crippen molar-refractivity contribution in [3.63, 3.8) is 0 Å². The van der Waals surface area contributed by atoms with Crippen molar-refractivity contribution >= 4 is 17.7 Å². The summed E-state index contributed by atoms with van der Waals surface area (Å²) >= 11 is 0. The fourth-order valence-corrected chi connectivity index (χ4v) is 4.10. The number of aromatic nitrogens is 6. The zero-order chi connectivity index (χ0) is 24.4. The van der Waals surface area contributed by atoms with Gasteiger partial charge in [0.15, 0.2) is 5.65 Å². The van der Waals surface area contributed by atoms with Crippen LogP contribution < -0.4 is 10.1 Å². The van der Waals surface area contributed by atoms with E-state index >= 15 is 0 Å². The fourth-order valence-electron chi connectivity index (χ4n) is 4.10. The van der Waals surface area contributed by atoms with Crippen molar-refractivity contribution in [3.05, 3.63) is 18.6 Å². The summed E-state index contributed by atoms with van der Waals surface area (Å²) < 4.78 is 15.1. The molecule has 0 spiro atoms. The lowest BCUT2D eigenvalue weighted by molar-refractivity contribution is 0.0160. The van der Waals surface area contributed by atoms with Crippen LogP contribution in [0.4, 0.5) is 10.7 Å². The van der Waals surface area contributed by atoms with E-state index in [0.29, 0.717) is 49.3 Å². The third-order valence-corrected chi connectivity index (χ3v) is 5.83. The Morgan fingerprint density at radius 1 is 1.32 bits per heavy atom. The first kappa shape index (κ1) is 23.7. The highest BCUT2D eigenvalue weighted by molar-refractivity contribution is 5.66. The number of fused-ring (bicyclic) bond motifs is 1. The first-order chi connectivity index (χ1) is 16.3. The van der Waals surface area contributed by atoms with Gasteiger partial charge in [-0.1, -0.05) is 6.92 Å². The molecule has 0 aromatic carbocycles. The molecule has 1 aliphatic rings. The van der Waals surface area contributed by atoms with E-state index in [1.807, 2.05) is 40.8 Å². The zero-order valence-corrected chi connectivity index (χ0v) is 20.2. The van der Waals surface area contributed by atoms with Crippen LogP contribution in [0.5, 0.6) is 5.88 Å². The van der Waals surface area contributed by atoms with Gasteiger partial charge in [-0.05, 0) is 40.0 Å². The molecule has 1 amide bonds. The van der Waals surface area contributed by atoms with E-state index in [1.54, 1.807) is 21.6 Å². The van der Waals surface area contributed by atoms with Gasteiger partial charge in [0.1, 0.15) is 11.9 Å². The SMILES string of the molecule is CCOC(C)n1cc(-c2ncc3nc(NC4CCN(C(=O)O)C[C@@H]4C)nn3c2OC(C)C)cn1. The van der Waals surface area contributed by atoms with Gasteiger partial charge in [0.2, 0.25) is 11.8 Å². The van der Waals surface area contributed by atoms with Crippen LogP contribution in [-0.2, 0) is 4.74 Å². The number of anilines is 1. The number of hydrogen-bond donors (Lipinski definition) is 2. The van der Waals surface area contributed by atoms with Crippen molar-refractivity contribution in [2.75, 3.05) is 25.0 Å². The van der Waals surface area contributed by atoms with E-state index < -0.39 is 6.09 Å². The number of rotatable bonds is 8. The molecule has 3 aromatic rings. The van der Waals surface area contributed by atoms with Crippen LogP contribution in [0.3, 0.4) is 0 Å². The van der Waals surface area contributed by atoms with Crippen LogP contribution in [0.2, 0.25) is 0 Å². The highest BCUT2D eigenvalue weighted by Crippen LogP contribution is 2.30. The molecule has 4 heterocycles. The zero-order valence-electron chi connectivity index (χ0n) is 20.2. The average Bonchev–Trinajstić information content (AvgIpc) is 3.42. The number of nitrogens with zero attached hydrogens (tertiary/aromatic N) is 7. The van der Waals surface area contributed by atoms with Crippen LogP contribution in [-0.4, -0.2) is 77.3 Å². The number of piperidine rings is 1. The van der Waals surface area contributed by atoms with E-state index in [2.05, 4.69) is 25.5 Å². The Kier molecular flexibility index (Phi) is 6.87. The average molecular weight is 473 g/mol. The Bertz CT molecular complexity index is 1140. The molecule has 0 saturated carbocycles. The van der Waals surface area contributed by atoms with Crippen molar-refractivity contribution in [2.24, 2.45) is 5.92 Å². The summed E-state index contributed by atoms with van der Waals surface area (Å²) in [5.74, 6) is 1.05. The molecule has 2 N–H and O–H groups in total. The molecular weight excluding hydrogens is 440 g/mol. The number of hydrogen-bond acceptors (Lipinski definition) is 8. The summed E-state index contributed by atoms with van der Waals surface area (Å²) in [6, 6.07) is 0.0631. The van der Waals surface area contributed by atoms with Crippen molar-refractivity contribution in [2.45, 2.75) is 59.4 Å². The molecule has 12 heteroatoms. The quantitative estimate of drug-likeness (QED) is 0.507. The van der Waals surface area contributed by atoms with Gasteiger partial charge in [-0.3, -0.25) is 0 Å². The van der Waals surface area contributed by atoms with E-state index in [4.69, 9.17) is 9.47 Å². The molecule has 0 bridgehead atoms. The maximum Gasteiger partial charge on any atom is 0.407 e. The summed E-state index contributed by atoms with van der Waals surface area (Å²) in [5, 5.41) is 21.7. The Balaban J connectivity index is 1.63. The standard InChI is InChI=1S/C22H32N8O4/c1-6-33-15(5)29-12-16(9-24-29)19-20(34-13(2)3)30-18(10-23-19)26-21(27-30)25-17-7-8-28(22(31)32)11-14(17)4/h9-10,12-15,17H,6-8,11H2,1-5H3,(H,25,27)(H,31,32)/t14-,15?,17?/m0/s1. The normalized spacial score (nSPS) is 19.5. The van der Waals surface area contributed by atoms with Crippen molar-refractivity contribution in [1.29, 1.82) is 0 Å². The predicted octanol–water partition coefficient (Wildman–Crippen LogP) is 3.13. The molecule has 3 atom stereocenters. The van der Waals surface area contributed by atoms with Gasteiger partial charge in [0.05, 0.1) is 18.5 Å². The van der Waals surface area contributed by atoms with Crippen molar-refractivity contribution in [1.82, 2.24) is 34.3 Å². The third kappa shape index (κ3) is 4.91. The van der Waals surface area contributed by atoms with Crippen LogP contribution in [0.15, 0.2) is 18.6 Å². The van der Waals surface area contributed by atoms with Gasteiger partial charge in [0, 0.05) is 37.5 Å². The Morgan fingerprint density at radius 3 is 2.79 bits per heavy atom. The fraction of sp³-hybridized carbons (Fsp3) is 0.591. The third-order valence-electron chi connectivity index (χ3n) is 5.83. The van der Waals surface area contributed by atoms with Crippen LogP contribution in [0.1, 0.15) is 47.3 Å². The van der Waals surface area contributed by atoms with Crippen LogP contribution >= 0.6 is 0 Å². The smallest absolute Gasteiger partial charge is 0.407 e. The second kappa shape index (κ2) is 9.84. The van der Waals surface area contributed by atoms with E-state index in [0.717, 1.165) is 5.56 Å². The highest BCUT2D eigenvalue weighted by atomic mass is 16.5. The highest BCUT2D eigenvalue weighted by Gasteiger charge is 2.29. The van der Waals surface area contributed by atoms with Gasteiger partial charge in [-0.25, -0.2) is 14.5 Å². The van der Waals surface area contributed by atoms with Gasteiger partial charge in [-0.2, -0.15) is 14.6 Å². The first-order valence-corrected chi connectivity index (χ1v) is 11.6. The predicted molar refractivity (Wildman–Crippen MR) is 125 cm³/mol. The number of amides is 1. The maximum absolute atomic E-state index is 11.3. The molecule has 34 heavy (non-hydrogen) atoms. The van der Waals surface area contributed by atoms with E-state index in [1.165, 1.54) is 4.90 Å². The minimum atomic E-state index is -0.885. The van der Waals surface area contributed by atoms with Crippen LogP contribution in [0.25, 0.3) is 16.9 Å². The summed E-state index contributed by atoms with van der Waals surface area (Å²) in [6.45, 7) is 11.3. The molecule has 184 valence electrons. The van der Waals surface area contributed by atoms with E-state index in [9.17, 15) is 9.90 Å². The minimum absolute atomic E-state index is 0.0631. The maximum atomic E-state index is 11.3. The van der Waals surface area contributed by atoms with Gasteiger partial charge >= 0.3 is 6.09 Å². The second-order valence-electron chi connectivity index (χ2n) is 8.79. The molecule has 4 rings (SSSR count). The minimum Gasteiger partial charge on any atom is -0.473 e. The topological polar surface area (TPSA) is 132 Å². The lowest BCUT2D eigenvalue weighted by Gasteiger charge is -2.35. The van der Waals surface area contributed by atoms with Gasteiger partial charge in [-0.15, -0.1) is 5.10 Å². The molecule has 1 saturated heterocycles. The lowest BCUT2D eigenvalue weighted by Crippen LogP contribution is -2.47. The van der Waals surface area contributed by atoms with Gasteiger partial charge < -0.3 is 24.8 Å². The lowest BCUT2D eigenvalue weighted by atomic mass is 9.94. The number of ether oxygens (including phenoxy) is 2. The van der Waals surface area contributed by atoms with Crippen molar-refractivity contribution < 1.29 is 19.4 Å². The molecular formula is C22H32N8O4. The number of nitrogens with one attached hydrogen (secondary N) is 1. The summed E-state index contributed by atoms with van der Waals surface area (Å²) in [6.07, 6.45) is 4.74. The Hall–Kier alpha value is -3.41. The summed E-state index contributed by atoms with van der Waals surface area (Å²) in [5.41, 5.74) is 1.94. The van der Waals surface area contributed by atoms with E-state index in [-0.39, 0.29) is 24.3 Å². The molecule has 0 radical (unpaired) electrons. The molecule has 1 aliphatic heterocycles. The summed E-state index contributed by atoms with van der Waals surface area (Å²) in [4.78, 5) is 21.9. The molecule has 12 nitrogen and oxygen atoms in total. The Labute approximate surface area is 197 Å². The molecule has 0 aliphatic carbocycles. The number of carboxylic acid groups (broad SMARTS) is 1. The first-order valence-electron chi connectivity index (χ1n) is 11.6. The Morgan fingerprint density at radius 2 is 2.12 bits per heavy atom. The number of likely N-dealkylation sites (tertiary alicyclic amines) is 1. The second-order valence-corrected chi connectivity index (χ2v) is 8.79. The monoisotopic (exact) mass is 472 g/mol. The van der Waals surface area contributed by atoms with Crippen molar-refractivity contribution in [3.8, 4) is 17.1 Å². The largest absolute Gasteiger partial charge is 0.473 e. The van der Waals surface area contributed by atoms with Crippen LogP contribution in [0, 0.1) is 5.92 Å². The van der Waals surface area contributed by atoms with Gasteiger partial charge in [0.25, 0.3) is 0 Å². The molecule has 3 aromatic heterocycles. The molecule has 1 fully saturated rings. The molecule has 2 unspecified atom stereocenters.